The molecule has 0 radical (unpaired) electrons. The lowest BCUT2D eigenvalue weighted by molar-refractivity contribution is -0.129. The maximum absolute atomic E-state index is 11.7. The highest BCUT2D eigenvalue weighted by atomic mass is 16.2. The van der Waals surface area contributed by atoms with E-state index >= 15 is 0 Å². The summed E-state index contributed by atoms with van der Waals surface area (Å²) in [6.45, 7) is 2.39. The fraction of sp³-hybridized carbons (Fsp3) is 0.833. The SMILES string of the molecule is CN(C)C(=O)CCCNC(=O)C1CCCNC1. The van der Waals surface area contributed by atoms with Gasteiger partial charge in [-0.25, -0.2) is 0 Å². The molecule has 0 saturated carbocycles. The summed E-state index contributed by atoms with van der Waals surface area (Å²) in [4.78, 5) is 24.6. The van der Waals surface area contributed by atoms with Crippen LogP contribution in [0.1, 0.15) is 25.7 Å². The molecule has 5 nitrogen and oxygen atoms in total. The largest absolute Gasteiger partial charge is 0.356 e. The molecule has 98 valence electrons. The van der Waals surface area contributed by atoms with Crippen molar-refractivity contribution in [1.82, 2.24) is 15.5 Å². The Balaban J connectivity index is 2.09. The van der Waals surface area contributed by atoms with Crippen LogP contribution in [0.15, 0.2) is 0 Å². The number of hydrogen-bond donors (Lipinski definition) is 2. The van der Waals surface area contributed by atoms with Crippen molar-refractivity contribution >= 4 is 11.8 Å². The molecule has 1 heterocycles. The number of rotatable bonds is 5. The molecule has 1 fully saturated rings. The third-order valence-electron chi connectivity index (χ3n) is 3.03. The first-order valence-electron chi connectivity index (χ1n) is 6.30. The van der Waals surface area contributed by atoms with E-state index in [0.717, 1.165) is 25.9 Å². The molecule has 0 aromatic rings. The topological polar surface area (TPSA) is 61.4 Å². The summed E-state index contributed by atoms with van der Waals surface area (Å²) in [5.74, 6) is 0.335. The van der Waals surface area contributed by atoms with Crippen LogP contribution in [0.25, 0.3) is 0 Å². The van der Waals surface area contributed by atoms with Crippen LogP contribution >= 0.6 is 0 Å². The average Bonchev–Trinajstić information content (AvgIpc) is 2.35. The Bertz CT molecular complexity index is 260. The smallest absolute Gasteiger partial charge is 0.224 e. The minimum atomic E-state index is 0.105. The molecule has 0 spiro atoms. The molecule has 0 aromatic heterocycles. The lowest BCUT2D eigenvalue weighted by Crippen LogP contribution is -2.40. The van der Waals surface area contributed by atoms with E-state index in [0.29, 0.717) is 19.4 Å². The molecule has 5 heteroatoms. The molecule has 1 aliphatic rings. The fourth-order valence-electron chi connectivity index (χ4n) is 1.89. The standard InChI is InChI=1S/C12H23N3O2/c1-15(2)11(16)6-4-8-14-12(17)10-5-3-7-13-9-10/h10,13H,3-9H2,1-2H3,(H,14,17). The first kappa shape index (κ1) is 14.0. The number of nitrogens with one attached hydrogen (secondary N) is 2. The molecule has 1 rings (SSSR count). The number of hydrogen-bond acceptors (Lipinski definition) is 3. The summed E-state index contributed by atoms with van der Waals surface area (Å²) >= 11 is 0. The second kappa shape index (κ2) is 7.27. The van der Waals surface area contributed by atoms with Crippen LogP contribution in [0, 0.1) is 5.92 Å². The minimum Gasteiger partial charge on any atom is -0.356 e. The van der Waals surface area contributed by atoms with Crippen molar-refractivity contribution in [3.05, 3.63) is 0 Å². The van der Waals surface area contributed by atoms with Gasteiger partial charge < -0.3 is 15.5 Å². The maximum atomic E-state index is 11.7. The quantitative estimate of drug-likeness (QED) is 0.665. The van der Waals surface area contributed by atoms with Crippen LogP contribution in [0.3, 0.4) is 0 Å². The Morgan fingerprint density at radius 1 is 1.41 bits per heavy atom. The van der Waals surface area contributed by atoms with Gasteiger partial charge >= 0.3 is 0 Å². The highest BCUT2D eigenvalue weighted by molar-refractivity contribution is 5.79. The van der Waals surface area contributed by atoms with Gasteiger partial charge in [0.1, 0.15) is 0 Å². The van der Waals surface area contributed by atoms with Crippen molar-refractivity contribution in [2.24, 2.45) is 5.92 Å². The van der Waals surface area contributed by atoms with Gasteiger partial charge in [-0.05, 0) is 25.8 Å². The zero-order chi connectivity index (χ0) is 12.7. The van der Waals surface area contributed by atoms with Gasteiger partial charge in [0.05, 0.1) is 5.92 Å². The Hall–Kier alpha value is -1.10. The van der Waals surface area contributed by atoms with Crippen LogP contribution in [0.2, 0.25) is 0 Å². The van der Waals surface area contributed by atoms with E-state index < -0.39 is 0 Å². The summed E-state index contributed by atoms with van der Waals surface area (Å²) in [6.07, 6.45) is 3.24. The third kappa shape index (κ3) is 5.17. The van der Waals surface area contributed by atoms with E-state index in [1.807, 2.05) is 0 Å². The number of carbonyl (C=O) groups excluding carboxylic acids is 2. The van der Waals surface area contributed by atoms with Crippen LogP contribution in [0.4, 0.5) is 0 Å². The molecule has 1 atom stereocenters. The third-order valence-corrected chi connectivity index (χ3v) is 3.03. The molecule has 2 amide bonds. The first-order chi connectivity index (χ1) is 8.11. The molecule has 0 aromatic carbocycles. The van der Waals surface area contributed by atoms with Gasteiger partial charge in [-0.15, -0.1) is 0 Å². The summed E-state index contributed by atoms with van der Waals surface area (Å²) in [5.41, 5.74) is 0. The van der Waals surface area contributed by atoms with Crippen molar-refractivity contribution in [1.29, 1.82) is 0 Å². The average molecular weight is 241 g/mol. The molecule has 1 aliphatic heterocycles. The van der Waals surface area contributed by atoms with E-state index in [4.69, 9.17) is 0 Å². The van der Waals surface area contributed by atoms with Gasteiger partial charge in [-0.1, -0.05) is 0 Å². The number of piperidine rings is 1. The van der Waals surface area contributed by atoms with Gasteiger partial charge in [-0.3, -0.25) is 9.59 Å². The van der Waals surface area contributed by atoms with Gasteiger partial charge in [0, 0.05) is 33.6 Å². The lowest BCUT2D eigenvalue weighted by Gasteiger charge is -2.21. The van der Waals surface area contributed by atoms with Gasteiger partial charge in [0.25, 0.3) is 0 Å². The Morgan fingerprint density at radius 3 is 2.76 bits per heavy atom. The Labute approximate surface area is 103 Å². The van der Waals surface area contributed by atoms with Crippen LogP contribution in [-0.4, -0.2) is 50.4 Å². The zero-order valence-corrected chi connectivity index (χ0v) is 10.8. The Morgan fingerprint density at radius 2 is 2.18 bits per heavy atom. The molecule has 2 N–H and O–H groups in total. The van der Waals surface area contributed by atoms with Gasteiger partial charge in [0.2, 0.25) is 11.8 Å². The van der Waals surface area contributed by atoms with Gasteiger partial charge in [0.15, 0.2) is 0 Å². The predicted octanol–water partition coefficient (Wildman–Crippen LogP) is -0.0294. The van der Waals surface area contributed by atoms with Crippen molar-refractivity contribution in [2.45, 2.75) is 25.7 Å². The van der Waals surface area contributed by atoms with Crippen molar-refractivity contribution in [3.8, 4) is 0 Å². The van der Waals surface area contributed by atoms with Crippen molar-refractivity contribution in [3.63, 3.8) is 0 Å². The molecule has 17 heavy (non-hydrogen) atoms. The molecular weight excluding hydrogens is 218 g/mol. The van der Waals surface area contributed by atoms with E-state index in [-0.39, 0.29) is 17.7 Å². The fourth-order valence-corrected chi connectivity index (χ4v) is 1.89. The second-order valence-corrected chi connectivity index (χ2v) is 4.73. The second-order valence-electron chi connectivity index (χ2n) is 4.73. The molecule has 0 aliphatic carbocycles. The predicted molar refractivity (Wildman–Crippen MR) is 66.5 cm³/mol. The number of amides is 2. The summed E-state index contributed by atoms with van der Waals surface area (Å²) in [5, 5.41) is 6.11. The number of nitrogens with zero attached hydrogens (tertiary/aromatic N) is 1. The summed E-state index contributed by atoms with van der Waals surface area (Å²) < 4.78 is 0. The van der Waals surface area contributed by atoms with E-state index in [1.165, 1.54) is 0 Å². The normalized spacial score (nSPS) is 19.8. The zero-order valence-electron chi connectivity index (χ0n) is 10.8. The van der Waals surface area contributed by atoms with E-state index in [9.17, 15) is 9.59 Å². The summed E-state index contributed by atoms with van der Waals surface area (Å²) in [6, 6.07) is 0. The van der Waals surface area contributed by atoms with Crippen molar-refractivity contribution in [2.75, 3.05) is 33.7 Å². The van der Waals surface area contributed by atoms with Crippen molar-refractivity contribution < 1.29 is 9.59 Å². The van der Waals surface area contributed by atoms with E-state index in [1.54, 1.807) is 19.0 Å². The van der Waals surface area contributed by atoms with Crippen LogP contribution in [-0.2, 0) is 9.59 Å². The molecule has 0 bridgehead atoms. The molecule has 1 saturated heterocycles. The van der Waals surface area contributed by atoms with E-state index in [2.05, 4.69) is 10.6 Å². The monoisotopic (exact) mass is 241 g/mol. The molecular formula is C12H23N3O2. The lowest BCUT2D eigenvalue weighted by atomic mass is 9.99. The molecule has 1 unspecified atom stereocenters. The Kier molecular flexibility index (Phi) is 5.97. The van der Waals surface area contributed by atoms with Crippen LogP contribution in [0.5, 0.6) is 0 Å². The van der Waals surface area contributed by atoms with Gasteiger partial charge in [-0.2, -0.15) is 0 Å². The highest BCUT2D eigenvalue weighted by Crippen LogP contribution is 2.09. The summed E-state index contributed by atoms with van der Waals surface area (Å²) in [7, 11) is 3.49. The first-order valence-corrected chi connectivity index (χ1v) is 6.30. The number of carbonyl (C=O) groups is 2. The van der Waals surface area contributed by atoms with Crippen LogP contribution < -0.4 is 10.6 Å². The highest BCUT2D eigenvalue weighted by Gasteiger charge is 2.20. The minimum absolute atomic E-state index is 0.105. The maximum Gasteiger partial charge on any atom is 0.224 e.